The molecule has 0 unspecified atom stereocenters. The number of carbonyl (C=O) groups is 3. The lowest BCUT2D eigenvalue weighted by atomic mass is 9.98. The minimum absolute atomic E-state index is 0.0874. The lowest BCUT2D eigenvalue weighted by Crippen LogP contribution is -2.44. The van der Waals surface area contributed by atoms with Crippen LogP contribution < -0.4 is 15.5 Å². The van der Waals surface area contributed by atoms with Crippen LogP contribution in [0.2, 0.25) is 0 Å². The number of imide groups is 1. The zero-order valence-electron chi connectivity index (χ0n) is 15.6. The Morgan fingerprint density at radius 1 is 1.27 bits per heavy atom. The number of anilines is 2. The van der Waals surface area contributed by atoms with Crippen LogP contribution >= 0.6 is 0 Å². The maximum Gasteiger partial charge on any atom is 0.325 e. The fourth-order valence-electron chi connectivity index (χ4n) is 3.69. The van der Waals surface area contributed by atoms with Gasteiger partial charge < -0.3 is 15.5 Å². The van der Waals surface area contributed by atoms with Gasteiger partial charge in [-0.3, -0.25) is 14.5 Å². The predicted molar refractivity (Wildman–Crippen MR) is 100 cm³/mol. The molecule has 1 saturated carbocycles. The summed E-state index contributed by atoms with van der Waals surface area (Å²) in [5.41, 5.74) is 2.04. The molecule has 2 fully saturated rings. The Bertz CT molecular complexity index is 738. The van der Waals surface area contributed by atoms with E-state index in [9.17, 15) is 14.4 Å². The molecule has 26 heavy (non-hydrogen) atoms. The van der Waals surface area contributed by atoms with E-state index in [0.717, 1.165) is 29.8 Å². The molecule has 7 heteroatoms. The van der Waals surface area contributed by atoms with E-state index in [4.69, 9.17) is 0 Å². The molecule has 1 aromatic carbocycles. The second-order valence-corrected chi connectivity index (χ2v) is 7.37. The second-order valence-electron chi connectivity index (χ2n) is 7.37. The van der Waals surface area contributed by atoms with Gasteiger partial charge in [0.15, 0.2) is 0 Å². The molecule has 1 aromatic rings. The number of nitrogens with zero attached hydrogens (tertiary/aromatic N) is 2. The standard InChI is InChI=1S/C19H26N4O3/c1-13-12-14(22(2)3)6-7-15(13)20-16(24)8-11-23-17(25)19(21-18(23)26)9-4-5-10-19/h6-7,12H,4-5,8-11H2,1-3H3,(H,20,24)(H,21,26). The van der Waals surface area contributed by atoms with Crippen molar-refractivity contribution in [2.24, 2.45) is 0 Å². The van der Waals surface area contributed by atoms with E-state index < -0.39 is 5.54 Å². The van der Waals surface area contributed by atoms with Crippen LogP contribution in [0.15, 0.2) is 18.2 Å². The molecule has 0 radical (unpaired) electrons. The quantitative estimate of drug-likeness (QED) is 0.791. The van der Waals surface area contributed by atoms with Crippen LogP contribution in [0.25, 0.3) is 0 Å². The molecular formula is C19H26N4O3. The van der Waals surface area contributed by atoms with Crippen molar-refractivity contribution in [2.45, 2.75) is 44.6 Å². The Labute approximate surface area is 153 Å². The highest BCUT2D eigenvalue weighted by molar-refractivity contribution is 6.07. The van der Waals surface area contributed by atoms with Gasteiger partial charge in [0.25, 0.3) is 5.91 Å². The van der Waals surface area contributed by atoms with Crippen molar-refractivity contribution < 1.29 is 14.4 Å². The lowest BCUT2D eigenvalue weighted by molar-refractivity contribution is -0.131. The molecular weight excluding hydrogens is 332 g/mol. The lowest BCUT2D eigenvalue weighted by Gasteiger charge is -2.20. The fraction of sp³-hybridized carbons (Fsp3) is 0.526. The molecule has 1 spiro atoms. The summed E-state index contributed by atoms with van der Waals surface area (Å²) in [6.07, 6.45) is 3.37. The highest BCUT2D eigenvalue weighted by Gasteiger charge is 2.52. The van der Waals surface area contributed by atoms with Gasteiger partial charge in [-0.15, -0.1) is 0 Å². The number of hydrogen-bond donors (Lipinski definition) is 2. The van der Waals surface area contributed by atoms with Gasteiger partial charge >= 0.3 is 6.03 Å². The SMILES string of the molecule is Cc1cc(N(C)C)ccc1NC(=O)CCN1C(=O)NC2(CCCC2)C1=O. The first-order chi connectivity index (χ1) is 12.3. The van der Waals surface area contributed by atoms with Gasteiger partial charge in [-0.25, -0.2) is 4.79 Å². The third-order valence-electron chi connectivity index (χ3n) is 5.27. The summed E-state index contributed by atoms with van der Waals surface area (Å²) in [7, 11) is 3.92. The molecule has 0 aromatic heterocycles. The molecule has 1 aliphatic carbocycles. The first-order valence-corrected chi connectivity index (χ1v) is 9.04. The predicted octanol–water partition coefficient (Wildman–Crippen LogP) is 2.25. The summed E-state index contributed by atoms with van der Waals surface area (Å²) in [6, 6.07) is 5.42. The zero-order chi connectivity index (χ0) is 18.9. The van der Waals surface area contributed by atoms with Crippen LogP contribution in [0.4, 0.5) is 16.2 Å². The molecule has 1 saturated heterocycles. The van der Waals surface area contributed by atoms with Gasteiger partial charge in [0, 0.05) is 38.4 Å². The van der Waals surface area contributed by atoms with Crippen LogP contribution in [0.1, 0.15) is 37.7 Å². The highest BCUT2D eigenvalue weighted by Crippen LogP contribution is 2.35. The van der Waals surface area contributed by atoms with Crippen LogP contribution in [0.3, 0.4) is 0 Å². The Balaban J connectivity index is 1.58. The van der Waals surface area contributed by atoms with E-state index in [1.54, 1.807) is 0 Å². The first-order valence-electron chi connectivity index (χ1n) is 9.04. The summed E-state index contributed by atoms with van der Waals surface area (Å²) in [5, 5.41) is 5.69. The number of amides is 4. The van der Waals surface area contributed by atoms with Crippen molar-refractivity contribution in [1.82, 2.24) is 10.2 Å². The molecule has 140 valence electrons. The third kappa shape index (κ3) is 3.38. The maximum atomic E-state index is 12.6. The average molecular weight is 358 g/mol. The van der Waals surface area contributed by atoms with Crippen LogP contribution in [-0.4, -0.2) is 48.9 Å². The number of carbonyl (C=O) groups excluding carboxylic acids is 3. The van der Waals surface area contributed by atoms with Gasteiger partial charge in [-0.1, -0.05) is 12.8 Å². The van der Waals surface area contributed by atoms with Crippen molar-refractivity contribution in [3.63, 3.8) is 0 Å². The van der Waals surface area contributed by atoms with E-state index in [1.165, 1.54) is 4.90 Å². The molecule has 0 atom stereocenters. The van der Waals surface area contributed by atoms with Crippen molar-refractivity contribution in [1.29, 1.82) is 0 Å². The van der Waals surface area contributed by atoms with E-state index in [2.05, 4.69) is 10.6 Å². The smallest absolute Gasteiger partial charge is 0.325 e. The Hall–Kier alpha value is -2.57. The van der Waals surface area contributed by atoms with E-state index in [1.807, 2.05) is 44.1 Å². The van der Waals surface area contributed by atoms with Gasteiger partial charge in [0.05, 0.1) is 0 Å². The number of nitrogens with one attached hydrogen (secondary N) is 2. The number of aryl methyl sites for hydroxylation is 1. The van der Waals surface area contributed by atoms with Gasteiger partial charge in [-0.2, -0.15) is 0 Å². The monoisotopic (exact) mass is 358 g/mol. The van der Waals surface area contributed by atoms with Crippen molar-refractivity contribution in [3.8, 4) is 0 Å². The van der Waals surface area contributed by atoms with Crippen molar-refractivity contribution >= 4 is 29.2 Å². The van der Waals surface area contributed by atoms with Gasteiger partial charge in [0.1, 0.15) is 5.54 Å². The molecule has 2 N–H and O–H groups in total. The molecule has 0 bridgehead atoms. The summed E-state index contributed by atoms with van der Waals surface area (Å²) in [5.74, 6) is -0.391. The molecule has 7 nitrogen and oxygen atoms in total. The maximum absolute atomic E-state index is 12.6. The number of rotatable bonds is 5. The largest absolute Gasteiger partial charge is 0.378 e. The fourth-order valence-corrected chi connectivity index (χ4v) is 3.69. The van der Waals surface area contributed by atoms with E-state index >= 15 is 0 Å². The molecule has 1 heterocycles. The number of benzene rings is 1. The highest BCUT2D eigenvalue weighted by atomic mass is 16.2. The molecule has 2 aliphatic rings. The van der Waals surface area contributed by atoms with Crippen LogP contribution in [0.5, 0.6) is 0 Å². The van der Waals surface area contributed by atoms with Gasteiger partial charge in [0.2, 0.25) is 5.91 Å². The zero-order valence-corrected chi connectivity index (χ0v) is 15.6. The van der Waals surface area contributed by atoms with Gasteiger partial charge in [-0.05, 0) is 43.5 Å². The Morgan fingerprint density at radius 2 is 1.96 bits per heavy atom. The molecule has 3 rings (SSSR count). The first kappa shape index (κ1) is 18.2. The second kappa shape index (κ2) is 6.97. The minimum atomic E-state index is -0.716. The molecule has 4 amide bonds. The van der Waals surface area contributed by atoms with Crippen molar-refractivity contribution in [2.75, 3.05) is 30.9 Å². The molecule has 1 aliphatic heterocycles. The number of hydrogen-bond acceptors (Lipinski definition) is 4. The summed E-state index contributed by atoms with van der Waals surface area (Å²) >= 11 is 0. The topological polar surface area (TPSA) is 81.8 Å². The third-order valence-corrected chi connectivity index (χ3v) is 5.27. The summed E-state index contributed by atoms with van der Waals surface area (Å²) in [4.78, 5) is 40.2. The summed E-state index contributed by atoms with van der Waals surface area (Å²) in [6.45, 7) is 2.04. The minimum Gasteiger partial charge on any atom is -0.378 e. The number of urea groups is 1. The van der Waals surface area contributed by atoms with E-state index in [0.29, 0.717) is 12.8 Å². The normalized spacial score (nSPS) is 18.3. The van der Waals surface area contributed by atoms with Crippen molar-refractivity contribution in [3.05, 3.63) is 23.8 Å². The van der Waals surface area contributed by atoms with Crippen LogP contribution in [0, 0.1) is 6.92 Å². The van der Waals surface area contributed by atoms with E-state index in [-0.39, 0.29) is 30.8 Å². The summed E-state index contributed by atoms with van der Waals surface area (Å²) < 4.78 is 0. The average Bonchev–Trinajstić information content (AvgIpc) is 3.14. The van der Waals surface area contributed by atoms with Crippen LogP contribution in [-0.2, 0) is 9.59 Å². The Morgan fingerprint density at radius 3 is 2.58 bits per heavy atom. The Kier molecular flexibility index (Phi) is 4.89.